The van der Waals surface area contributed by atoms with Gasteiger partial charge in [-0.05, 0) is 12.1 Å². The Morgan fingerprint density at radius 1 is 1.25 bits per heavy atom. The molecule has 2 N–H and O–H groups in total. The number of carbonyl (C=O) groups is 1. The van der Waals surface area contributed by atoms with Crippen molar-refractivity contribution in [2.24, 2.45) is 12.1 Å². The molecule has 2 aromatic carbocycles. The topological polar surface area (TPSA) is 102 Å². The zero-order valence-corrected chi connectivity index (χ0v) is 16.2. The summed E-state index contributed by atoms with van der Waals surface area (Å²) in [7, 11) is 3.32. The molecule has 1 amide bonds. The smallest absolute Gasteiger partial charge is 0.250 e. The summed E-state index contributed by atoms with van der Waals surface area (Å²) in [6.45, 7) is 0. The second-order valence-corrected chi connectivity index (χ2v) is 6.65. The van der Waals surface area contributed by atoms with Gasteiger partial charge in [-0.3, -0.25) is 4.79 Å². The van der Waals surface area contributed by atoms with Gasteiger partial charge in [0, 0.05) is 18.2 Å². The number of aromatic nitrogens is 3. The van der Waals surface area contributed by atoms with Gasteiger partial charge in [0.2, 0.25) is 0 Å². The Labute approximate surface area is 166 Å². The van der Waals surface area contributed by atoms with E-state index in [1.165, 1.54) is 25.1 Å². The largest absolute Gasteiger partial charge is 0.504 e. The monoisotopic (exact) mass is 397 g/mol. The predicted molar refractivity (Wildman–Crippen MR) is 108 cm³/mol. The fourth-order valence-electron chi connectivity index (χ4n) is 2.42. The SMILES string of the molecule is COc1cccc(/C=N/NC(=O)CSc2nnc(-c3ccccc3)n2C)c1O. The predicted octanol–water partition coefficient (Wildman–Crippen LogP) is 2.44. The summed E-state index contributed by atoms with van der Waals surface area (Å²) in [5.41, 5.74) is 3.82. The molecular weight excluding hydrogens is 378 g/mol. The third kappa shape index (κ3) is 4.49. The first-order chi connectivity index (χ1) is 13.6. The van der Waals surface area contributed by atoms with Crippen molar-refractivity contribution in [2.75, 3.05) is 12.9 Å². The maximum atomic E-state index is 12.0. The molecule has 0 saturated heterocycles. The van der Waals surface area contributed by atoms with Crippen LogP contribution in [-0.4, -0.2) is 44.9 Å². The summed E-state index contributed by atoms with van der Waals surface area (Å²) in [6.07, 6.45) is 1.36. The summed E-state index contributed by atoms with van der Waals surface area (Å²) in [6, 6.07) is 14.7. The number of hydrogen-bond donors (Lipinski definition) is 2. The second kappa shape index (κ2) is 9.05. The van der Waals surface area contributed by atoms with Gasteiger partial charge >= 0.3 is 0 Å². The molecule has 3 rings (SSSR count). The average Bonchev–Trinajstić information content (AvgIpc) is 3.09. The summed E-state index contributed by atoms with van der Waals surface area (Å²) in [4.78, 5) is 12.0. The number of para-hydroxylation sites is 1. The molecule has 0 fully saturated rings. The molecule has 144 valence electrons. The van der Waals surface area contributed by atoms with E-state index in [9.17, 15) is 9.90 Å². The van der Waals surface area contributed by atoms with Crippen LogP contribution in [0, 0.1) is 0 Å². The van der Waals surface area contributed by atoms with Gasteiger partial charge in [0.25, 0.3) is 5.91 Å². The van der Waals surface area contributed by atoms with Crippen LogP contribution in [0.25, 0.3) is 11.4 Å². The quantitative estimate of drug-likeness (QED) is 0.361. The summed E-state index contributed by atoms with van der Waals surface area (Å²) in [5, 5.41) is 22.8. The number of phenolic OH excluding ortho intramolecular Hbond substituents is 1. The zero-order chi connectivity index (χ0) is 19.9. The van der Waals surface area contributed by atoms with Gasteiger partial charge in [0.15, 0.2) is 22.5 Å². The number of aromatic hydroxyl groups is 1. The lowest BCUT2D eigenvalue weighted by atomic mass is 10.2. The average molecular weight is 397 g/mol. The molecular formula is C19H19N5O3S. The number of methoxy groups -OCH3 is 1. The van der Waals surface area contributed by atoms with Crippen molar-refractivity contribution >= 4 is 23.9 Å². The molecule has 0 unspecified atom stereocenters. The van der Waals surface area contributed by atoms with Gasteiger partial charge in [-0.15, -0.1) is 10.2 Å². The van der Waals surface area contributed by atoms with E-state index in [4.69, 9.17) is 4.74 Å². The van der Waals surface area contributed by atoms with Crippen LogP contribution < -0.4 is 10.2 Å². The molecule has 0 spiro atoms. The van der Waals surface area contributed by atoms with Gasteiger partial charge in [-0.1, -0.05) is 48.2 Å². The third-order valence-corrected chi connectivity index (χ3v) is 4.86. The highest BCUT2D eigenvalue weighted by atomic mass is 32.2. The Morgan fingerprint density at radius 3 is 2.79 bits per heavy atom. The molecule has 3 aromatic rings. The van der Waals surface area contributed by atoms with E-state index in [2.05, 4.69) is 20.7 Å². The van der Waals surface area contributed by atoms with Crippen LogP contribution in [0.3, 0.4) is 0 Å². The standard InChI is InChI=1S/C19H19N5O3S/c1-24-18(13-7-4-3-5-8-13)22-23-19(24)28-12-16(25)21-20-11-14-9-6-10-15(27-2)17(14)26/h3-11,26H,12H2,1-2H3,(H,21,25)/b20-11+. The number of nitrogens with zero attached hydrogens (tertiary/aromatic N) is 4. The van der Waals surface area contributed by atoms with Crippen molar-refractivity contribution in [3.63, 3.8) is 0 Å². The van der Waals surface area contributed by atoms with Crippen LogP contribution in [0.5, 0.6) is 11.5 Å². The van der Waals surface area contributed by atoms with E-state index in [-0.39, 0.29) is 17.4 Å². The fourth-order valence-corrected chi connectivity index (χ4v) is 3.13. The van der Waals surface area contributed by atoms with E-state index in [0.29, 0.717) is 16.5 Å². The van der Waals surface area contributed by atoms with E-state index in [1.807, 2.05) is 41.9 Å². The number of hydrogen-bond acceptors (Lipinski definition) is 7. The first-order valence-corrected chi connectivity index (χ1v) is 9.34. The number of rotatable bonds is 7. The van der Waals surface area contributed by atoms with Gasteiger partial charge in [-0.25, -0.2) is 5.43 Å². The molecule has 8 nitrogen and oxygen atoms in total. The van der Waals surface area contributed by atoms with Crippen LogP contribution in [0.1, 0.15) is 5.56 Å². The number of carbonyl (C=O) groups excluding carboxylic acids is 1. The van der Waals surface area contributed by atoms with Gasteiger partial charge in [-0.2, -0.15) is 5.10 Å². The second-order valence-electron chi connectivity index (χ2n) is 5.71. The van der Waals surface area contributed by atoms with Gasteiger partial charge in [0.1, 0.15) is 0 Å². The van der Waals surface area contributed by atoms with E-state index >= 15 is 0 Å². The molecule has 0 radical (unpaired) electrons. The minimum Gasteiger partial charge on any atom is -0.504 e. The fraction of sp³-hybridized carbons (Fsp3) is 0.158. The lowest BCUT2D eigenvalue weighted by Gasteiger charge is -2.05. The number of benzene rings is 2. The van der Waals surface area contributed by atoms with Crippen LogP contribution in [0.4, 0.5) is 0 Å². The molecule has 9 heteroatoms. The van der Waals surface area contributed by atoms with E-state index < -0.39 is 0 Å². The molecule has 0 saturated carbocycles. The number of hydrazone groups is 1. The molecule has 28 heavy (non-hydrogen) atoms. The van der Waals surface area contributed by atoms with E-state index in [0.717, 1.165) is 11.4 Å². The Bertz CT molecular complexity index is 988. The van der Waals surface area contributed by atoms with Gasteiger partial charge < -0.3 is 14.4 Å². The van der Waals surface area contributed by atoms with E-state index in [1.54, 1.807) is 18.2 Å². The Hall–Kier alpha value is -3.33. The van der Waals surface area contributed by atoms with Crippen molar-refractivity contribution in [3.05, 3.63) is 54.1 Å². The van der Waals surface area contributed by atoms with Crippen molar-refractivity contribution < 1.29 is 14.6 Å². The maximum Gasteiger partial charge on any atom is 0.250 e. The number of ether oxygens (including phenoxy) is 1. The highest BCUT2D eigenvalue weighted by Gasteiger charge is 2.12. The highest BCUT2D eigenvalue weighted by molar-refractivity contribution is 7.99. The van der Waals surface area contributed by atoms with Crippen LogP contribution >= 0.6 is 11.8 Å². The number of phenols is 1. The molecule has 0 aliphatic carbocycles. The molecule has 0 aliphatic rings. The Kier molecular flexibility index (Phi) is 6.28. The number of thioether (sulfide) groups is 1. The van der Waals surface area contributed by atoms with Crippen LogP contribution in [-0.2, 0) is 11.8 Å². The molecule has 1 aromatic heterocycles. The minimum absolute atomic E-state index is 0.0371. The lowest BCUT2D eigenvalue weighted by Crippen LogP contribution is -2.19. The molecule has 0 atom stereocenters. The Morgan fingerprint density at radius 2 is 2.04 bits per heavy atom. The summed E-state index contributed by atoms with van der Waals surface area (Å²) in [5.74, 6) is 0.859. The lowest BCUT2D eigenvalue weighted by molar-refractivity contribution is -0.118. The van der Waals surface area contributed by atoms with Crippen molar-refractivity contribution in [1.82, 2.24) is 20.2 Å². The third-order valence-electron chi connectivity index (χ3n) is 3.84. The number of nitrogens with one attached hydrogen (secondary N) is 1. The first-order valence-electron chi connectivity index (χ1n) is 8.35. The summed E-state index contributed by atoms with van der Waals surface area (Å²) < 4.78 is 6.87. The summed E-state index contributed by atoms with van der Waals surface area (Å²) >= 11 is 1.26. The normalized spacial score (nSPS) is 10.9. The van der Waals surface area contributed by atoms with Crippen molar-refractivity contribution in [3.8, 4) is 22.9 Å². The molecule has 0 aliphatic heterocycles. The number of amides is 1. The van der Waals surface area contributed by atoms with Gasteiger partial charge in [0.05, 0.1) is 19.1 Å². The first kappa shape index (κ1) is 19.4. The minimum atomic E-state index is -0.298. The van der Waals surface area contributed by atoms with Crippen molar-refractivity contribution in [1.29, 1.82) is 0 Å². The molecule has 0 bridgehead atoms. The highest BCUT2D eigenvalue weighted by Crippen LogP contribution is 2.28. The van der Waals surface area contributed by atoms with Crippen molar-refractivity contribution in [2.45, 2.75) is 5.16 Å². The maximum absolute atomic E-state index is 12.0. The Balaban J connectivity index is 1.56. The molecule has 1 heterocycles. The van der Waals surface area contributed by atoms with Crippen LogP contribution in [0.15, 0.2) is 58.8 Å². The zero-order valence-electron chi connectivity index (χ0n) is 15.4. The van der Waals surface area contributed by atoms with Crippen LogP contribution in [0.2, 0.25) is 0 Å².